The molecule has 9 nitrogen and oxygen atoms in total. The smallest absolute Gasteiger partial charge is 0.327 e. The van der Waals surface area contributed by atoms with E-state index in [0.29, 0.717) is 0 Å². The van der Waals surface area contributed by atoms with Crippen molar-refractivity contribution in [1.29, 1.82) is 0 Å². The van der Waals surface area contributed by atoms with E-state index in [1.165, 1.54) is 41.8 Å². The number of fused-ring (bicyclic) bond motifs is 1. The summed E-state index contributed by atoms with van der Waals surface area (Å²) in [5.41, 5.74) is -0.185. The molecule has 1 aromatic heterocycles. The number of carbonyl (C=O) groups excluding carboxylic acids is 2. The van der Waals surface area contributed by atoms with Gasteiger partial charge in [-0.1, -0.05) is 22.8 Å². The number of β-lactam (4-membered cyclic amide) rings is 1. The molecule has 2 aromatic rings. The molecule has 3 heterocycles. The Morgan fingerprint density at radius 2 is 2.03 bits per heavy atom. The number of rotatable bonds is 4. The molecule has 4 N–H and O–H groups in total. The molecule has 167 valence electrons. The summed E-state index contributed by atoms with van der Waals surface area (Å²) >= 11 is 7.40. The summed E-state index contributed by atoms with van der Waals surface area (Å²) in [6.45, 7) is 4.97. The SMILES string of the molecule is Cc1onc(-c2c(F)cccc2Cl)c1C(=O)N[C@@H]1C(=O)N2[C@@H]1SC(C)(C)[C@@H]2C(=O)O.O.[Na]. The minimum Gasteiger partial charge on any atom is -0.480 e. The number of thioether (sulfide) groups is 1. The van der Waals surface area contributed by atoms with Crippen LogP contribution in [0.3, 0.4) is 0 Å². The van der Waals surface area contributed by atoms with Crippen LogP contribution in [-0.2, 0) is 9.59 Å². The number of carboxylic acid groups (broad SMARTS) is 1. The van der Waals surface area contributed by atoms with Gasteiger partial charge in [0, 0.05) is 34.3 Å². The Labute approximate surface area is 213 Å². The molecule has 2 saturated heterocycles. The van der Waals surface area contributed by atoms with Crippen molar-refractivity contribution in [2.75, 3.05) is 0 Å². The van der Waals surface area contributed by atoms with Crippen LogP contribution in [0.25, 0.3) is 11.3 Å². The molecular formula is C19H19ClFN3NaO6S. The molecular weight excluding hydrogens is 476 g/mol. The summed E-state index contributed by atoms with van der Waals surface area (Å²) in [7, 11) is 0. The summed E-state index contributed by atoms with van der Waals surface area (Å²) < 4.78 is 18.7. The molecule has 1 aromatic carbocycles. The number of nitrogens with zero attached hydrogens (tertiary/aromatic N) is 2. The Hall–Kier alpha value is -1.63. The second-order valence-electron chi connectivity index (χ2n) is 7.61. The zero-order valence-corrected chi connectivity index (χ0v) is 21.2. The molecule has 1 radical (unpaired) electrons. The van der Waals surface area contributed by atoms with Gasteiger partial charge in [-0.05, 0) is 32.9 Å². The van der Waals surface area contributed by atoms with E-state index in [1.807, 2.05) is 0 Å². The van der Waals surface area contributed by atoms with Crippen LogP contribution in [0, 0.1) is 12.7 Å². The Morgan fingerprint density at radius 1 is 1.38 bits per heavy atom. The van der Waals surface area contributed by atoms with Crippen molar-refractivity contribution >= 4 is 70.7 Å². The zero-order chi connectivity index (χ0) is 22.0. The van der Waals surface area contributed by atoms with Gasteiger partial charge in [0.2, 0.25) is 5.91 Å². The third-order valence-corrected chi connectivity index (χ3v) is 7.14. The first-order chi connectivity index (χ1) is 14.0. The molecule has 0 bridgehead atoms. The number of carbonyl (C=O) groups is 3. The molecule has 3 atom stereocenters. The van der Waals surface area contributed by atoms with Gasteiger partial charge < -0.3 is 25.3 Å². The summed E-state index contributed by atoms with van der Waals surface area (Å²) in [5, 5.41) is 15.4. The molecule has 0 spiro atoms. The first kappa shape index (κ1) is 26.6. The van der Waals surface area contributed by atoms with E-state index in [0.717, 1.165) is 0 Å². The van der Waals surface area contributed by atoms with Crippen molar-refractivity contribution in [2.24, 2.45) is 0 Å². The summed E-state index contributed by atoms with van der Waals surface area (Å²) in [6.07, 6.45) is 0. The number of carboxylic acids is 1. The maximum absolute atomic E-state index is 14.4. The van der Waals surface area contributed by atoms with Crippen LogP contribution in [-0.4, -0.2) is 90.2 Å². The minimum absolute atomic E-state index is 0. The predicted molar refractivity (Wildman–Crippen MR) is 116 cm³/mol. The van der Waals surface area contributed by atoms with Gasteiger partial charge >= 0.3 is 5.97 Å². The molecule has 0 saturated carbocycles. The van der Waals surface area contributed by atoms with Crippen molar-refractivity contribution in [3.8, 4) is 11.3 Å². The van der Waals surface area contributed by atoms with E-state index in [1.54, 1.807) is 13.8 Å². The molecule has 0 unspecified atom stereocenters. The van der Waals surface area contributed by atoms with E-state index in [9.17, 15) is 23.9 Å². The van der Waals surface area contributed by atoms with Gasteiger partial charge in [0.25, 0.3) is 5.91 Å². The fourth-order valence-electron chi connectivity index (χ4n) is 3.89. The first-order valence-corrected chi connectivity index (χ1v) is 10.2. The topological polar surface area (TPSA) is 144 Å². The van der Waals surface area contributed by atoms with Crippen LogP contribution in [0.15, 0.2) is 22.7 Å². The molecule has 4 rings (SSSR count). The van der Waals surface area contributed by atoms with Crippen molar-refractivity contribution < 1.29 is 33.9 Å². The Morgan fingerprint density at radius 3 is 2.62 bits per heavy atom. The van der Waals surface area contributed by atoms with Gasteiger partial charge in [-0.25, -0.2) is 9.18 Å². The van der Waals surface area contributed by atoms with Gasteiger partial charge in [0.15, 0.2) is 0 Å². The molecule has 2 aliphatic heterocycles. The van der Waals surface area contributed by atoms with Crippen molar-refractivity contribution in [3.05, 3.63) is 40.4 Å². The largest absolute Gasteiger partial charge is 0.480 e. The molecule has 2 amide bonds. The van der Waals surface area contributed by atoms with Gasteiger partial charge in [0.05, 0.1) is 10.6 Å². The van der Waals surface area contributed by atoms with Crippen LogP contribution in [0.4, 0.5) is 4.39 Å². The number of hydrogen-bond donors (Lipinski definition) is 2. The van der Waals surface area contributed by atoms with Crippen molar-refractivity contribution in [2.45, 2.75) is 43.0 Å². The zero-order valence-electron chi connectivity index (χ0n) is 17.6. The maximum atomic E-state index is 14.4. The second-order valence-corrected chi connectivity index (χ2v) is 9.79. The number of aliphatic carboxylic acids is 1. The van der Waals surface area contributed by atoms with Crippen LogP contribution in [0.1, 0.15) is 30.0 Å². The second kappa shape index (κ2) is 9.32. The quantitative estimate of drug-likeness (QED) is 0.483. The minimum atomic E-state index is -1.10. The van der Waals surface area contributed by atoms with Crippen LogP contribution in [0.2, 0.25) is 5.02 Å². The van der Waals surface area contributed by atoms with E-state index in [2.05, 4.69) is 10.5 Å². The fraction of sp³-hybridized carbons (Fsp3) is 0.368. The Bertz CT molecular complexity index is 1080. The number of aromatic nitrogens is 1. The molecule has 13 heteroatoms. The normalized spacial score (nSPS) is 22.8. The van der Waals surface area contributed by atoms with Crippen LogP contribution >= 0.6 is 23.4 Å². The average molecular weight is 495 g/mol. The van der Waals surface area contributed by atoms with Crippen LogP contribution < -0.4 is 5.32 Å². The number of halogens is 2. The first-order valence-electron chi connectivity index (χ1n) is 8.99. The fourth-order valence-corrected chi connectivity index (χ4v) is 5.77. The van der Waals surface area contributed by atoms with Crippen molar-refractivity contribution in [1.82, 2.24) is 15.4 Å². The standard InChI is InChI=1S/C19H17ClFN3O5S.Na.H2O/c1-7-10(12(23-29-7)11-8(20)5-4-6-9(11)21)15(25)22-13-16(26)24-14(18(27)28)19(2,3)30-17(13)24;;/h4-6,13-14,17H,1-3H3,(H,22,25)(H,27,28);;1H2/t13-,14+,17-;;/m1../s1. The summed E-state index contributed by atoms with van der Waals surface area (Å²) in [6, 6.07) is 2.17. The predicted octanol–water partition coefficient (Wildman–Crippen LogP) is 1.48. The maximum Gasteiger partial charge on any atom is 0.327 e. The third kappa shape index (κ3) is 4.06. The number of nitrogens with one attached hydrogen (secondary N) is 1. The van der Waals surface area contributed by atoms with E-state index >= 15 is 0 Å². The van der Waals surface area contributed by atoms with Crippen LogP contribution in [0.5, 0.6) is 0 Å². The van der Waals surface area contributed by atoms with Crippen molar-refractivity contribution in [3.63, 3.8) is 0 Å². The Kier molecular flexibility index (Phi) is 7.75. The number of hydrogen-bond acceptors (Lipinski definition) is 6. The molecule has 32 heavy (non-hydrogen) atoms. The third-order valence-electron chi connectivity index (χ3n) is 5.25. The number of benzene rings is 1. The van der Waals surface area contributed by atoms with Gasteiger partial charge in [-0.2, -0.15) is 0 Å². The number of aryl methyl sites for hydroxylation is 1. The molecule has 2 aliphatic rings. The molecule has 0 aliphatic carbocycles. The number of amides is 2. The summed E-state index contributed by atoms with van der Waals surface area (Å²) in [4.78, 5) is 38.5. The molecule has 2 fully saturated rings. The monoisotopic (exact) mass is 494 g/mol. The summed E-state index contributed by atoms with van der Waals surface area (Å²) in [5.74, 6) is -2.81. The van der Waals surface area contributed by atoms with E-state index < -0.39 is 45.8 Å². The van der Waals surface area contributed by atoms with Gasteiger partial charge in [0.1, 0.15) is 40.3 Å². The van der Waals surface area contributed by atoms with Gasteiger partial charge in [-0.15, -0.1) is 11.8 Å². The van der Waals surface area contributed by atoms with E-state index in [4.69, 9.17) is 16.1 Å². The van der Waals surface area contributed by atoms with E-state index in [-0.39, 0.29) is 62.6 Å². The van der Waals surface area contributed by atoms with Gasteiger partial charge in [-0.3, -0.25) is 9.59 Å². The Balaban J connectivity index is 0.00000181. The average Bonchev–Trinajstić information content (AvgIpc) is 3.14.